The maximum absolute atomic E-state index is 5.62. The van der Waals surface area contributed by atoms with Crippen LogP contribution in [0.5, 0.6) is 5.75 Å². The molecule has 6 heteroatoms. The fourth-order valence-electron chi connectivity index (χ4n) is 2.37. The molecule has 25 heavy (non-hydrogen) atoms. The molecule has 0 atom stereocenters. The SMILES string of the molecule is CCOc1ccccc1Nc1nccc(Nc2ccc(Br)cc2C)n1. The number of benzene rings is 2. The smallest absolute Gasteiger partial charge is 0.229 e. The van der Waals surface area contributed by atoms with Crippen molar-refractivity contribution in [3.8, 4) is 5.75 Å². The third-order valence-corrected chi connectivity index (χ3v) is 4.03. The molecule has 0 radical (unpaired) electrons. The molecule has 3 rings (SSSR count). The molecule has 0 bridgehead atoms. The van der Waals surface area contributed by atoms with Crippen molar-refractivity contribution in [3.05, 3.63) is 64.8 Å². The zero-order valence-corrected chi connectivity index (χ0v) is 15.7. The van der Waals surface area contributed by atoms with Gasteiger partial charge < -0.3 is 15.4 Å². The number of aryl methyl sites for hydroxylation is 1. The first-order valence-corrected chi connectivity index (χ1v) is 8.80. The standard InChI is InChI=1S/C19H19BrN4O/c1-3-25-17-7-5-4-6-16(17)23-19-21-11-10-18(24-19)22-15-9-8-14(20)12-13(15)2/h4-12H,3H2,1-2H3,(H2,21,22,23,24). The summed E-state index contributed by atoms with van der Waals surface area (Å²) in [6.45, 7) is 4.61. The van der Waals surface area contributed by atoms with Gasteiger partial charge in [-0.25, -0.2) is 4.98 Å². The largest absolute Gasteiger partial charge is 0.492 e. The number of halogens is 1. The molecule has 2 N–H and O–H groups in total. The van der Waals surface area contributed by atoms with Crippen LogP contribution in [0.2, 0.25) is 0 Å². The second-order valence-corrected chi connectivity index (χ2v) is 6.32. The molecule has 0 aliphatic heterocycles. The van der Waals surface area contributed by atoms with Gasteiger partial charge in [0.25, 0.3) is 0 Å². The monoisotopic (exact) mass is 398 g/mol. The molecule has 0 aliphatic carbocycles. The van der Waals surface area contributed by atoms with Crippen LogP contribution in [0.1, 0.15) is 12.5 Å². The Morgan fingerprint density at radius 3 is 2.68 bits per heavy atom. The van der Waals surface area contributed by atoms with E-state index in [1.165, 1.54) is 0 Å². The fraction of sp³-hybridized carbons (Fsp3) is 0.158. The molecule has 128 valence electrons. The Balaban J connectivity index is 1.80. The summed E-state index contributed by atoms with van der Waals surface area (Å²) in [5.74, 6) is 2.00. The van der Waals surface area contributed by atoms with E-state index in [0.717, 1.165) is 33.0 Å². The van der Waals surface area contributed by atoms with Crippen LogP contribution in [-0.2, 0) is 0 Å². The Bertz CT molecular complexity index is 870. The second-order valence-electron chi connectivity index (χ2n) is 5.40. The lowest BCUT2D eigenvalue weighted by molar-refractivity contribution is 0.342. The molecule has 3 aromatic rings. The molecule has 0 unspecified atom stereocenters. The van der Waals surface area contributed by atoms with Crippen molar-refractivity contribution >= 4 is 39.1 Å². The second kappa shape index (κ2) is 7.98. The summed E-state index contributed by atoms with van der Waals surface area (Å²) in [5, 5.41) is 6.53. The fourth-order valence-corrected chi connectivity index (χ4v) is 2.84. The highest BCUT2D eigenvalue weighted by molar-refractivity contribution is 9.10. The van der Waals surface area contributed by atoms with Crippen LogP contribution in [0.25, 0.3) is 0 Å². The van der Waals surface area contributed by atoms with Crippen molar-refractivity contribution in [2.75, 3.05) is 17.2 Å². The predicted octanol–water partition coefficient (Wildman–Crippen LogP) is 5.43. The summed E-state index contributed by atoms with van der Waals surface area (Å²) in [6, 6.07) is 15.6. The molecule has 0 amide bonds. The van der Waals surface area contributed by atoms with E-state index in [9.17, 15) is 0 Å². The predicted molar refractivity (Wildman–Crippen MR) is 105 cm³/mol. The topological polar surface area (TPSA) is 59.1 Å². The molecule has 0 saturated heterocycles. The van der Waals surface area contributed by atoms with Gasteiger partial charge in [0.1, 0.15) is 11.6 Å². The van der Waals surface area contributed by atoms with Crippen molar-refractivity contribution in [1.82, 2.24) is 9.97 Å². The van der Waals surface area contributed by atoms with Gasteiger partial charge in [0.15, 0.2) is 0 Å². The molecule has 0 saturated carbocycles. The number of anilines is 4. The number of aromatic nitrogens is 2. The third-order valence-electron chi connectivity index (χ3n) is 3.54. The number of nitrogens with one attached hydrogen (secondary N) is 2. The Labute approximate surface area is 155 Å². The Morgan fingerprint density at radius 1 is 1.04 bits per heavy atom. The van der Waals surface area contributed by atoms with Crippen LogP contribution >= 0.6 is 15.9 Å². The lowest BCUT2D eigenvalue weighted by Crippen LogP contribution is -2.03. The van der Waals surface area contributed by atoms with Crippen LogP contribution < -0.4 is 15.4 Å². The van der Waals surface area contributed by atoms with E-state index in [1.54, 1.807) is 6.20 Å². The van der Waals surface area contributed by atoms with Crippen LogP contribution in [-0.4, -0.2) is 16.6 Å². The van der Waals surface area contributed by atoms with Gasteiger partial charge in [-0.1, -0.05) is 28.1 Å². The van der Waals surface area contributed by atoms with E-state index in [2.05, 4.69) is 42.6 Å². The molecule has 0 aliphatic rings. The zero-order chi connectivity index (χ0) is 17.6. The number of hydrogen-bond acceptors (Lipinski definition) is 5. The minimum Gasteiger partial charge on any atom is -0.492 e. The highest BCUT2D eigenvalue weighted by atomic mass is 79.9. The molecule has 1 heterocycles. The van der Waals surface area contributed by atoms with Gasteiger partial charge in [0.05, 0.1) is 12.3 Å². The maximum Gasteiger partial charge on any atom is 0.229 e. The summed E-state index contributed by atoms with van der Waals surface area (Å²) < 4.78 is 6.67. The first kappa shape index (κ1) is 17.2. The normalized spacial score (nSPS) is 10.4. The van der Waals surface area contributed by atoms with Gasteiger partial charge in [0, 0.05) is 16.4 Å². The minimum absolute atomic E-state index is 0.506. The first-order chi connectivity index (χ1) is 12.2. The minimum atomic E-state index is 0.506. The Kier molecular flexibility index (Phi) is 5.50. The van der Waals surface area contributed by atoms with Gasteiger partial charge in [-0.05, 0) is 55.8 Å². The van der Waals surface area contributed by atoms with Crippen molar-refractivity contribution in [3.63, 3.8) is 0 Å². The van der Waals surface area contributed by atoms with Crippen LogP contribution in [0, 0.1) is 6.92 Å². The van der Waals surface area contributed by atoms with Gasteiger partial charge >= 0.3 is 0 Å². The van der Waals surface area contributed by atoms with Gasteiger partial charge in [-0.15, -0.1) is 0 Å². The van der Waals surface area contributed by atoms with E-state index in [4.69, 9.17) is 4.74 Å². The maximum atomic E-state index is 5.62. The molecule has 0 spiro atoms. The van der Waals surface area contributed by atoms with Crippen LogP contribution in [0.15, 0.2) is 59.2 Å². The Hall–Kier alpha value is -2.60. The highest BCUT2D eigenvalue weighted by Gasteiger charge is 2.06. The van der Waals surface area contributed by atoms with E-state index in [1.807, 2.05) is 56.3 Å². The molecular weight excluding hydrogens is 380 g/mol. The third kappa shape index (κ3) is 4.48. The van der Waals surface area contributed by atoms with E-state index >= 15 is 0 Å². The van der Waals surface area contributed by atoms with Gasteiger partial charge in [-0.2, -0.15) is 4.98 Å². The highest BCUT2D eigenvalue weighted by Crippen LogP contribution is 2.27. The molecule has 2 aromatic carbocycles. The molecule has 5 nitrogen and oxygen atoms in total. The average molecular weight is 399 g/mol. The molecular formula is C19H19BrN4O. The van der Waals surface area contributed by atoms with Crippen LogP contribution in [0.4, 0.5) is 23.1 Å². The van der Waals surface area contributed by atoms with Gasteiger partial charge in [0.2, 0.25) is 5.95 Å². The summed E-state index contributed by atoms with van der Waals surface area (Å²) >= 11 is 3.47. The molecule has 1 aromatic heterocycles. The average Bonchev–Trinajstić information content (AvgIpc) is 2.60. The number of ether oxygens (including phenoxy) is 1. The van der Waals surface area contributed by atoms with Crippen molar-refractivity contribution in [1.29, 1.82) is 0 Å². The van der Waals surface area contributed by atoms with Crippen molar-refractivity contribution in [2.24, 2.45) is 0 Å². The van der Waals surface area contributed by atoms with Gasteiger partial charge in [-0.3, -0.25) is 0 Å². The van der Waals surface area contributed by atoms with Crippen LogP contribution in [0.3, 0.4) is 0 Å². The zero-order valence-electron chi connectivity index (χ0n) is 14.1. The summed E-state index contributed by atoms with van der Waals surface area (Å²) in [4.78, 5) is 8.82. The number of rotatable bonds is 6. The van der Waals surface area contributed by atoms with Crippen molar-refractivity contribution < 1.29 is 4.74 Å². The number of nitrogens with zero attached hydrogens (tertiary/aromatic N) is 2. The Morgan fingerprint density at radius 2 is 1.88 bits per heavy atom. The van der Waals surface area contributed by atoms with Crippen molar-refractivity contribution in [2.45, 2.75) is 13.8 Å². The summed E-state index contributed by atoms with van der Waals surface area (Å²) in [5.41, 5.74) is 2.97. The number of hydrogen-bond donors (Lipinski definition) is 2. The number of para-hydroxylation sites is 2. The van der Waals surface area contributed by atoms with E-state index in [0.29, 0.717) is 12.6 Å². The van der Waals surface area contributed by atoms with E-state index < -0.39 is 0 Å². The summed E-state index contributed by atoms with van der Waals surface area (Å²) in [7, 11) is 0. The quantitative estimate of drug-likeness (QED) is 0.579. The van der Waals surface area contributed by atoms with E-state index in [-0.39, 0.29) is 0 Å². The first-order valence-electron chi connectivity index (χ1n) is 8.01. The lowest BCUT2D eigenvalue weighted by Gasteiger charge is -2.13. The molecule has 0 fully saturated rings. The lowest BCUT2D eigenvalue weighted by atomic mass is 10.2. The summed E-state index contributed by atoms with van der Waals surface area (Å²) in [6.07, 6.45) is 1.72.